The fraction of sp³-hybridized carbons (Fsp3) is 0.588. The lowest BCUT2D eigenvalue weighted by atomic mass is 9.88. The number of carbonyl (C=O) groups excluding carboxylic acids is 1. The van der Waals surface area contributed by atoms with Crippen LogP contribution in [0.25, 0.3) is 0 Å². The second kappa shape index (κ2) is 7.26. The third kappa shape index (κ3) is 4.00. The Morgan fingerprint density at radius 2 is 2.04 bits per heavy atom. The Balaban J connectivity index is 2.48. The van der Waals surface area contributed by atoms with E-state index >= 15 is 0 Å². The summed E-state index contributed by atoms with van der Waals surface area (Å²) in [5.41, 5.74) is 1.31. The highest BCUT2D eigenvalue weighted by Gasteiger charge is 2.43. The Morgan fingerprint density at radius 3 is 2.62 bits per heavy atom. The van der Waals surface area contributed by atoms with Crippen molar-refractivity contribution in [3.8, 4) is 0 Å². The number of aliphatic hydroxyl groups excluding tert-OH is 1. The molecule has 1 aromatic carbocycles. The minimum Gasteiger partial charge on any atom is -0.443 e. The van der Waals surface area contributed by atoms with Gasteiger partial charge < -0.3 is 14.4 Å². The first-order valence-corrected chi connectivity index (χ1v) is 9.84. The van der Waals surface area contributed by atoms with E-state index in [0.29, 0.717) is 6.42 Å². The maximum absolute atomic E-state index is 13.0. The summed E-state index contributed by atoms with van der Waals surface area (Å²) in [4.78, 5) is 12.8. The molecule has 0 spiro atoms. The number of aliphatic hydroxyl groups is 1. The third-order valence-corrected chi connectivity index (χ3v) is 6.03. The van der Waals surface area contributed by atoms with Crippen molar-refractivity contribution in [1.29, 1.82) is 0 Å². The van der Waals surface area contributed by atoms with E-state index in [-0.39, 0.29) is 0 Å². The number of nitrogens with zero attached hydrogens (tertiary/aromatic N) is 1. The molecule has 1 unspecified atom stereocenters. The zero-order valence-electron chi connectivity index (χ0n) is 14.7. The van der Waals surface area contributed by atoms with Crippen LogP contribution in [0.4, 0.5) is 4.79 Å². The molecule has 24 heavy (non-hydrogen) atoms. The fourth-order valence-electron chi connectivity index (χ4n) is 2.97. The van der Waals surface area contributed by atoms with Gasteiger partial charge in [-0.05, 0) is 51.2 Å². The molecule has 1 N–H and O–H groups in total. The Labute approximate surface area is 143 Å². The Kier molecular flexibility index (Phi) is 5.74. The van der Waals surface area contributed by atoms with Gasteiger partial charge in [0.25, 0.3) is 0 Å². The van der Waals surface area contributed by atoms with E-state index in [1.54, 1.807) is 20.8 Å². The summed E-state index contributed by atoms with van der Waals surface area (Å²) in [5.74, 6) is 0. The van der Waals surface area contributed by atoms with Crippen molar-refractivity contribution in [3.05, 3.63) is 35.4 Å². The lowest BCUT2D eigenvalue weighted by Crippen LogP contribution is -2.39. The van der Waals surface area contributed by atoms with Crippen LogP contribution in [0.1, 0.15) is 50.8 Å². The number of hydrogen-bond donors (Lipinski definition) is 1. The van der Waals surface area contributed by atoms with Crippen molar-refractivity contribution in [2.24, 2.45) is 0 Å². The predicted molar refractivity (Wildman–Crippen MR) is 91.9 cm³/mol. The average molecular weight is 355 g/mol. The first kappa shape index (κ1) is 19.0. The zero-order chi connectivity index (χ0) is 18.0. The quantitative estimate of drug-likeness (QED) is 0.823. The van der Waals surface area contributed by atoms with Crippen LogP contribution in [0.15, 0.2) is 24.3 Å². The van der Waals surface area contributed by atoms with E-state index in [1.165, 1.54) is 7.11 Å². The number of ether oxygens (including phenoxy) is 1. The first-order chi connectivity index (χ1) is 11.2. The number of benzene rings is 1. The molecule has 1 aliphatic carbocycles. The van der Waals surface area contributed by atoms with Crippen LogP contribution in [0.2, 0.25) is 0 Å². The maximum Gasteiger partial charge on any atom is 0.418 e. The van der Waals surface area contributed by atoms with Gasteiger partial charge in [-0.2, -0.15) is 0 Å². The van der Waals surface area contributed by atoms with Gasteiger partial charge in [-0.3, -0.25) is 4.57 Å². The van der Waals surface area contributed by atoms with Crippen molar-refractivity contribution in [2.45, 2.75) is 51.7 Å². The molecule has 2 atom stereocenters. The molecular weight excluding hydrogens is 329 g/mol. The minimum atomic E-state index is -3.74. The molecule has 0 saturated heterocycles. The van der Waals surface area contributed by atoms with Crippen LogP contribution in [0.3, 0.4) is 0 Å². The van der Waals surface area contributed by atoms with E-state index in [0.717, 1.165) is 28.6 Å². The van der Waals surface area contributed by atoms with E-state index < -0.39 is 31.6 Å². The van der Waals surface area contributed by atoms with Crippen molar-refractivity contribution in [2.75, 3.05) is 13.5 Å². The molecule has 0 aliphatic heterocycles. The molecule has 0 heterocycles. The van der Waals surface area contributed by atoms with Gasteiger partial charge in [0.15, 0.2) is 0 Å². The predicted octanol–water partition coefficient (Wildman–Crippen LogP) is 4.09. The molecule has 0 saturated carbocycles. The standard InChI is InChI=1S/C17H26NO5P/c1-17(2,3)23-16(20)18(24(21,12-19)22-4)15-11-7-9-13-8-5-6-10-14(13)15/h5-6,8,10,15,19H,7,9,11-12H2,1-4H3/t15-,24?/m0/s1. The highest BCUT2D eigenvalue weighted by atomic mass is 31.2. The van der Waals surface area contributed by atoms with Gasteiger partial charge in [0, 0.05) is 7.11 Å². The number of aryl methyl sites for hydroxylation is 1. The average Bonchev–Trinajstić information content (AvgIpc) is 2.53. The van der Waals surface area contributed by atoms with E-state index in [2.05, 4.69) is 0 Å². The van der Waals surface area contributed by atoms with Crippen LogP contribution in [0, 0.1) is 0 Å². The molecule has 0 aromatic heterocycles. The monoisotopic (exact) mass is 355 g/mol. The summed E-state index contributed by atoms with van der Waals surface area (Å²) in [7, 11) is -2.50. The molecule has 7 heteroatoms. The summed E-state index contributed by atoms with van der Waals surface area (Å²) < 4.78 is 24.7. The van der Waals surface area contributed by atoms with Gasteiger partial charge in [0.1, 0.15) is 11.9 Å². The molecule has 134 valence electrons. The second-order valence-corrected chi connectivity index (χ2v) is 9.25. The molecule has 1 aromatic rings. The van der Waals surface area contributed by atoms with Gasteiger partial charge in [0.05, 0.1) is 6.04 Å². The van der Waals surface area contributed by atoms with Gasteiger partial charge >= 0.3 is 13.6 Å². The van der Waals surface area contributed by atoms with Crippen LogP contribution in [-0.4, -0.2) is 34.9 Å². The first-order valence-electron chi connectivity index (χ1n) is 8.08. The summed E-state index contributed by atoms with van der Waals surface area (Å²) in [6, 6.07) is 7.32. The SMILES string of the molecule is COP(=O)(CO)N(C(=O)OC(C)(C)C)[C@H]1CCCc2ccccc21. The lowest BCUT2D eigenvalue weighted by molar-refractivity contribution is 0.0287. The lowest BCUT2D eigenvalue weighted by Gasteiger charge is -2.39. The largest absolute Gasteiger partial charge is 0.443 e. The Hall–Kier alpha value is -1.36. The van der Waals surface area contributed by atoms with Gasteiger partial charge in [-0.25, -0.2) is 9.46 Å². The molecule has 2 rings (SSSR count). The van der Waals surface area contributed by atoms with Crippen LogP contribution < -0.4 is 0 Å². The molecule has 6 nitrogen and oxygen atoms in total. The summed E-state index contributed by atoms with van der Waals surface area (Å²) >= 11 is 0. The highest BCUT2D eigenvalue weighted by Crippen LogP contribution is 2.56. The minimum absolute atomic E-state index is 0.442. The van der Waals surface area contributed by atoms with E-state index in [4.69, 9.17) is 9.26 Å². The van der Waals surface area contributed by atoms with Crippen molar-refractivity contribution >= 4 is 13.6 Å². The Morgan fingerprint density at radius 1 is 1.38 bits per heavy atom. The number of amides is 1. The molecule has 1 aliphatic rings. The van der Waals surface area contributed by atoms with E-state index in [1.807, 2.05) is 24.3 Å². The highest BCUT2D eigenvalue weighted by molar-refractivity contribution is 7.56. The van der Waals surface area contributed by atoms with Crippen molar-refractivity contribution in [1.82, 2.24) is 4.67 Å². The molecule has 1 amide bonds. The number of fused-ring (bicyclic) bond motifs is 1. The van der Waals surface area contributed by atoms with Gasteiger partial charge in [-0.15, -0.1) is 0 Å². The van der Waals surface area contributed by atoms with Gasteiger partial charge in [-0.1, -0.05) is 24.3 Å². The maximum atomic E-state index is 13.0. The molecule has 0 radical (unpaired) electrons. The zero-order valence-corrected chi connectivity index (χ0v) is 15.6. The smallest absolute Gasteiger partial charge is 0.418 e. The molecule has 0 fully saturated rings. The van der Waals surface area contributed by atoms with Crippen LogP contribution >= 0.6 is 7.52 Å². The Bertz CT molecular complexity index is 632. The number of rotatable bonds is 4. The number of hydrogen-bond acceptors (Lipinski definition) is 5. The third-order valence-electron chi connectivity index (χ3n) is 4.01. The normalized spacial score (nSPS) is 20.0. The van der Waals surface area contributed by atoms with Crippen molar-refractivity contribution in [3.63, 3.8) is 0 Å². The fourth-order valence-corrected chi connectivity index (χ4v) is 4.35. The van der Waals surface area contributed by atoms with Gasteiger partial charge in [0.2, 0.25) is 0 Å². The molecule has 0 bridgehead atoms. The van der Waals surface area contributed by atoms with Crippen molar-refractivity contribution < 1.29 is 23.7 Å². The second-order valence-electron chi connectivity index (χ2n) is 6.89. The summed E-state index contributed by atoms with van der Waals surface area (Å²) in [6.45, 7) is 5.23. The van der Waals surface area contributed by atoms with Crippen LogP contribution in [0.5, 0.6) is 0 Å². The topological polar surface area (TPSA) is 76.1 Å². The van der Waals surface area contributed by atoms with Crippen LogP contribution in [-0.2, 0) is 20.2 Å². The number of carbonyl (C=O) groups is 1. The molecular formula is C17H26NO5P. The summed E-state index contributed by atoms with van der Waals surface area (Å²) in [5, 5.41) is 9.64. The van der Waals surface area contributed by atoms with E-state index in [9.17, 15) is 14.5 Å². The summed E-state index contributed by atoms with van der Waals surface area (Å²) in [6.07, 6.45) is 0.926.